The molecule has 0 radical (unpaired) electrons. The van der Waals surface area contributed by atoms with Crippen LogP contribution in [0.2, 0.25) is 0 Å². The third kappa shape index (κ3) is 12.4. The van der Waals surface area contributed by atoms with Gasteiger partial charge >= 0.3 is 0 Å². The van der Waals surface area contributed by atoms with E-state index in [0.717, 1.165) is 17.5 Å². The van der Waals surface area contributed by atoms with Crippen LogP contribution in [0.4, 0.5) is 0 Å². The van der Waals surface area contributed by atoms with Crippen LogP contribution in [-0.2, 0) is 36.8 Å². The van der Waals surface area contributed by atoms with Gasteiger partial charge in [0, 0.05) is 38.5 Å². The first-order chi connectivity index (χ1) is 22.2. The normalized spacial score (nSPS) is 15.9. The van der Waals surface area contributed by atoms with Gasteiger partial charge in [-0.05, 0) is 36.8 Å². The van der Waals surface area contributed by atoms with Gasteiger partial charge in [0.05, 0.1) is 31.2 Å². The summed E-state index contributed by atoms with van der Waals surface area (Å²) in [4.78, 5) is 60.2. The van der Waals surface area contributed by atoms with Crippen LogP contribution in [0.3, 0.4) is 0 Å². The Kier molecular flexibility index (Phi) is 15.4. The number of carbonyl (C=O) groups is 4. The molecule has 0 aromatic heterocycles. The lowest BCUT2D eigenvalue weighted by Crippen LogP contribution is -2.47. The molecule has 1 aliphatic rings. The number of hydrogen-bond donors (Lipinski definition) is 4. The lowest BCUT2D eigenvalue weighted by Gasteiger charge is -2.27. The molecule has 1 aliphatic heterocycles. The van der Waals surface area contributed by atoms with E-state index in [1.165, 1.54) is 0 Å². The first-order valence-corrected chi connectivity index (χ1v) is 16.3. The average molecular weight is 635 g/mol. The Balaban J connectivity index is 1.77. The number of benzene rings is 2. The summed E-state index contributed by atoms with van der Waals surface area (Å²) in [6.45, 7) is 3.88. The molecular weight excluding hydrogens is 584 g/mol. The number of guanidine groups is 1. The molecule has 46 heavy (non-hydrogen) atoms. The van der Waals surface area contributed by atoms with Crippen LogP contribution in [-0.4, -0.2) is 79.2 Å². The topological polar surface area (TPSA) is 183 Å². The van der Waals surface area contributed by atoms with Crippen LogP contribution in [0.5, 0.6) is 0 Å². The van der Waals surface area contributed by atoms with E-state index in [-0.39, 0.29) is 42.8 Å². The molecule has 3 rings (SSSR count). The van der Waals surface area contributed by atoms with Gasteiger partial charge in [-0.2, -0.15) is 0 Å². The third-order valence-electron chi connectivity index (χ3n) is 8.23. The number of nitrogens with one attached hydrogen (secondary N) is 1. The largest absolute Gasteiger partial charge is 0.380 e. The molecule has 0 unspecified atom stereocenters. The molecule has 0 bridgehead atoms. The summed E-state index contributed by atoms with van der Waals surface area (Å²) in [6, 6.07) is 17.4. The minimum atomic E-state index is -0.833. The number of ether oxygens (including phenoxy) is 1. The number of unbranched alkanes of at least 4 members (excludes halogenated alkanes) is 1. The molecule has 2 aromatic rings. The van der Waals surface area contributed by atoms with Crippen LogP contribution in [0.1, 0.15) is 56.6 Å². The zero-order valence-electron chi connectivity index (χ0n) is 26.9. The lowest BCUT2D eigenvalue weighted by atomic mass is 9.89. The number of nitrogens with two attached hydrogens (primary N) is 3. The van der Waals surface area contributed by atoms with Gasteiger partial charge in [-0.1, -0.05) is 80.4 Å². The number of nitrogens with zero attached hydrogens (tertiary/aromatic N) is 2. The Labute approximate surface area is 272 Å². The maximum Gasteiger partial charge on any atom is 0.228 e. The summed E-state index contributed by atoms with van der Waals surface area (Å²) < 4.78 is 5.49. The molecule has 4 atom stereocenters. The standard InChI is InChI=1S/C35H50N6O5/c1-2-3-15-30(32(43)23-28(24-39-35(37)38)34(45)41-16-10-18-46-19-17-41)40-33(44)27(20-25-11-6-4-7-12-25)22-31(42)29(36)21-26-13-8-5-9-14-26/h4-9,11-14,27-30H,2-3,10,15-24,36H2,1H3,(H,40,44)(H4,37,38,39)/t27-,28+,29+,30+/m0/s1. The summed E-state index contributed by atoms with van der Waals surface area (Å²) in [5.41, 5.74) is 19.3. The minimum absolute atomic E-state index is 0.0385. The van der Waals surface area contributed by atoms with Crippen LogP contribution < -0.4 is 22.5 Å². The molecular formula is C35H50N6O5. The van der Waals surface area contributed by atoms with E-state index in [9.17, 15) is 19.2 Å². The van der Waals surface area contributed by atoms with E-state index in [0.29, 0.717) is 58.4 Å². The number of carbonyl (C=O) groups excluding carboxylic acids is 4. The molecule has 2 amide bonds. The van der Waals surface area contributed by atoms with Crippen molar-refractivity contribution in [3.05, 3.63) is 71.8 Å². The summed E-state index contributed by atoms with van der Waals surface area (Å²) in [7, 11) is 0. The van der Waals surface area contributed by atoms with Crippen LogP contribution >= 0.6 is 0 Å². The highest BCUT2D eigenvalue weighted by Crippen LogP contribution is 2.19. The first-order valence-electron chi connectivity index (χ1n) is 16.3. The van der Waals surface area contributed by atoms with Crippen molar-refractivity contribution < 1.29 is 23.9 Å². The molecule has 1 fully saturated rings. The number of ketones is 2. The average Bonchev–Trinajstić information content (AvgIpc) is 3.35. The number of Topliss-reactive ketones (excluding diaryl/α,β-unsaturated/α-hetero) is 2. The molecule has 1 saturated heterocycles. The Morgan fingerprint density at radius 2 is 1.50 bits per heavy atom. The van der Waals surface area contributed by atoms with Gasteiger partial charge in [0.25, 0.3) is 0 Å². The highest BCUT2D eigenvalue weighted by atomic mass is 16.5. The first kappa shape index (κ1) is 36.4. The van der Waals surface area contributed by atoms with Crippen molar-refractivity contribution >= 4 is 29.3 Å². The highest BCUT2D eigenvalue weighted by Gasteiger charge is 2.33. The van der Waals surface area contributed by atoms with E-state index in [1.54, 1.807) is 4.90 Å². The number of hydrogen-bond acceptors (Lipinski definition) is 7. The highest BCUT2D eigenvalue weighted by molar-refractivity contribution is 5.95. The maximum absolute atomic E-state index is 13.9. The summed E-state index contributed by atoms with van der Waals surface area (Å²) in [6.07, 6.45) is 3.08. The summed E-state index contributed by atoms with van der Waals surface area (Å²) >= 11 is 0. The number of aliphatic imine (C=N–C) groups is 1. The van der Waals surface area contributed by atoms with E-state index < -0.39 is 29.8 Å². The molecule has 11 nitrogen and oxygen atoms in total. The molecule has 250 valence electrons. The molecule has 11 heteroatoms. The Hall–Kier alpha value is -4.09. The van der Waals surface area contributed by atoms with Crippen LogP contribution in [0, 0.1) is 11.8 Å². The third-order valence-corrected chi connectivity index (χ3v) is 8.23. The van der Waals surface area contributed by atoms with Gasteiger partial charge in [0.15, 0.2) is 17.5 Å². The SMILES string of the molecule is CCCC[C@@H](NC(=O)[C@H](CC(=O)[C@H](N)Cc1ccccc1)Cc1ccccc1)C(=O)C[C@H](CN=C(N)N)C(=O)N1CCCOCC1. The molecule has 7 N–H and O–H groups in total. The second-order valence-electron chi connectivity index (χ2n) is 12.0. The second-order valence-corrected chi connectivity index (χ2v) is 12.0. The molecule has 0 saturated carbocycles. The quantitative estimate of drug-likeness (QED) is 0.142. The van der Waals surface area contributed by atoms with E-state index in [2.05, 4.69) is 10.3 Å². The van der Waals surface area contributed by atoms with E-state index in [4.69, 9.17) is 21.9 Å². The monoisotopic (exact) mass is 634 g/mol. The Bertz CT molecular complexity index is 1280. The summed E-state index contributed by atoms with van der Waals surface area (Å²) in [5.74, 6) is -2.79. The van der Waals surface area contributed by atoms with E-state index >= 15 is 0 Å². The van der Waals surface area contributed by atoms with Gasteiger partial charge in [0.2, 0.25) is 11.8 Å². The van der Waals surface area contributed by atoms with Crippen LogP contribution in [0.25, 0.3) is 0 Å². The molecule has 2 aromatic carbocycles. The zero-order chi connectivity index (χ0) is 33.3. The number of rotatable bonds is 18. The fraction of sp³-hybridized carbons (Fsp3) is 0.514. The molecule has 1 heterocycles. The van der Waals surface area contributed by atoms with Gasteiger partial charge in [-0.3, -0.25) is 24.2 Å². The van der Waals surface area contributed by atoms with Crippen molar-refractivity contribution in [1.29, 1.82) is 0 Å². The minimum Gasteiger partial charge on any atom is -0.380 e. The molecule has 0 spiro atoms. The predicted molar refractivity (Wildman–Crippen MR) is 179 cm³/mol. The number of amides is 2. The predicted octanol–water partition coefficient (Wildman–Crippen LogP) is 2.15. The van der Waals surface area contributed by atoms with Crippen molar-refractivity contribution in [2.45, 2.75) is 70.4 Å². The fourth-order valence-electron chi connectivity index (χ4n) is 5.60. The van der Waals surface area contributed by atoms with Gasteiger partial charge < -0.3 is 32.2 Å². The van der Waals surface area contributed by atoms with Crippen molar-refractivity contribution in [3.8, 4) is 0 Å². The van der Waals surface area contributed by atoms with Crippen molar-refractivity contribution in [2.75, 3.05) is 32.8 Å². The van der Waals surface area contributed by atoms with Crippen molar-refractivity contribution in [3.63, 3.8) is 0 Å². The maximum atomic E-state index is 13.9. The second kappa shape index (κ2) is 19.4. The Morgan fingerprint density at radius 3 is 2.13 bits per heavy atom. The Morgan fingerprint density at radius 1 is 0.870 bits per heavy atom. The van der Waals surface area contributed by atoms with Crippen LogP contribution in [0.15, 0.2) is 65.7 Å². The summed E-state index contributed by atoms with van der Waals surface area (Å²) in [5, 5.41) is 2.95. The lowest BCUT2D eigenvalue weighted by molar-refractivity contribution is -0.138. The molecule has 0 aliphatic carbocycles. The fourth-order valence-corrected chi connectivity index (χ4v) is 5.60. The van der Waals surface area contributed by atoms with Gasteiger partial charge in [-0.15, -0.1) is 0 Å². The van der Waals surface area contributed by atoms with E-state index in [1.807, 2.05) is 67.6 Å². The smallest absolute Gasteiger partial charge is 0.228 e. The van der Waals surface area contributed by atoms with Crippen molar-refractivity contribution in [1.82, 2.24) is 10.2 Å². The van der Waals surface area contributed by atoms with Gasteiger partial charge in [0.1, 0.15) is 0 Å². The van der Waals surface area contributed by atoms with Gasteiger partial charge in [-0.25, -0.2) is 0 Å². The van der Waals surface area contributed by atoms with Crippen molar-refractivity contribution in [2.24, 2.45) is 34.0 Å². The zero-order valence-corrected chi connectivity index (χ0v) is 26.9.